The molecular formula is C35H28N2O6S. The van der Waals surface area contributed by atoms with E-state index in [2.05, 4.69) is 29.3 Å². The van der Waals surface area contributed by atoms with Crippen LogP contribution in [0.2, 0.25) is 0 Å². The summed E-state index contributed by atoms with van der Waals surface area (Å²) in [5, 5.41) is 2.35. The van der Waals surface area contributed by atoms with Crippen molar-refractivity contribution in [3.8, 4) is 17.2 Å². The van der Waals surface area contributed by atoms with Crippen LogP contribution < -0.4 is 29.1 Å². The molecule has 0 radical (unpaired) electrons. The Kier molecular flexibility index (Phi) is 7.23. The summed E-state index contributed by atoms with van der Waals surface area (Å²) >= 11 is 1.28. The summed E-state index contributed by atoms with van der Waals surface area (Å²) in [6.07, 6.45) is 1.83. The zero-order valence-corrected chi connectivity index (χ0v) is 24.9. The smallest absolute Gasteiger partial charge is 0.338 e. The van der Waals surface area contributed by atoms with E-state index in [4.69, 9.17) is 18.9 Å². The number of carbonyl (C=O) groups excluding carboxylic acids is 1. The van der Waals surface area contributed by atoms with Gasteiger partial charge in [-0.1, -0.05) is 72.0 Å². The maximum atomic E-state index is 13.9. The topological polar surface area (TPSA) is 88.4 Å². The molecule has 9 heteroatoms. The first kappa shape index (κ1) is 27.7. The second-order valence-electron chi connectivity index (χ2n) is 10.4. The van der Waals surface area contributed by atoms with Gasteiger partial charge in [-0.05, 0) is 71.7 Å². The minimum atomic E-state index is -0.730. The molecule has 44 heavy (non-hydrogen) atoms. The molecule has 0 saturated heterocycles. The van der Waals surface area contributed by atoms with E-state index in [0.29, 0.717) is 44.3 Å². The van der Waals surface area contributed by atoms with Crippen LogP contribution in [0.15, 0.2) is 106 Å². The normalized spacial score (nSPS) is 15.7. The van der Waals surface area contributed by atoms with Gasteiger partial charge in [0.15, 0.2) is 16.3 Å². The van der Waals surface area contributed by atoms with E-state index < -0.39 is 12.0 Å². The molecule has 0 bridgehead atoms. The van der Waals surface area contributed by atoms with E-state index in [-0.39, 0.29) is 19.0 Å². The number of allylic oxidation sites excluding steroid dienone is 1. The van der Waals surface area contributed by atoms with Crippen LogP contribution in [0.5, 0.6) is 17.2 Å². The first-order valence-corrected chi connectivity index (χ1v) is 15.1. The van der Waals surface area contributed by atoms with Crippen molar-refractivity contribution >= 4 is 34.2 Å². The number of rotatable bonds is 7. The van der Waals surface area contributed by atoms with Crippen molar-refractivity contribution in [3.63, 3.8) is 0 Å². The molecule has 7 rings (SSSR count). The van der Waals surface area contributed by atoms with Gasteiger partial charge in [-0.2, -0.15) is 0 Å². The van der Waals surface area contributed by atoms with Crippen LogP contribution in [-0.4, -0.2) is 23.9 Å². The van der Waals surface area contributed by atoms with Crippen molar-refractivity contribution in [2.75, 3.05) is 13.4 Å². The number of esters is 1. The Hall–Kier alpha value is -5.15. The number of hydrogen-bond acceptors (Lipinski definition) is 8. The minimum Gasteiger partial charge on any atom is -0.489 e. The van der Waals surface area contributed by atoms with Gasteiger partial charge in [0.2, 0.25) is 6.79 Å². The molecule has 0 unspecified atom stereocenters. The summed E-state index contributed by atoms with van der Waals surface area (Å²) < 4.78 is 24.6. The largest absolute Gasteiger partial charge is 0.489 e. The molecule has 3 heterocycles. The molecule has 0 amide bonds. The summed E-state index contributed by atoms with van der Waals surface area (Å²) in [5.74, 6) is 1.40. The summed E-state index contributed by atoms with van der Waals surface area (Å²) in [5.41, 5.74) is 3.23. The van der Waals surface area contributed by atoms with Crippen molar-refractivity contribution in [2.24, 2.45) is 4.99 Å². The third-order valence-corrected chi connectivity index (χ3v) is 8.66. The van der Waals surface area contributed by atoms with E-state index in [1.807, 2.05) is 54.6 Å². The number of hydrogen-bond donors (Lipinski definition) is 0. The van der Waals surface area contributed by atoms with Crippen molar-refractivity contribution < 1.29 is 23.7 Å². The highest BCUT2D eigenvalue weighted by atomic mass is 32.1. The molecule has 0 spiro atoms. The van der Waals surface area contributed by atoms with Gasteiger partial charge >= 0.3 is 5.97 Å². The summed E-state index contributed by atoms with van der Waals surface area (Å²) in [6.45, 7) is 4.28. The van der Waals surface area contributed by atoms with Crippen LogP contribution in [0.25, 0.3) is 16.8 Å². The van der Waals surface area contributed by atoms with Crippen molar-refractivity contribution in [1.29, 1.82) is 0 Å². The number of ether oxygens (including phenoxy) is 4. The van der Waals surface area contributed by atoms with E-state index in [1.54, 1.807) is 30.5 Å². The lowest BCUT2D eigenvalue weighted by atomic mass is 9.95. The van der Waals surface area contributed by atoms with Crippen molar-refractivity contribution in [1.82, 2.24) is 4.57 Å². The molecule has 1 aromatic heterocycles. The first-order valence-electron chi connectivity index (χ1n) is 14.3. The second kappa shape index (κ2) is 11.5. The molecule has 8 nitrogen and oxygen atoms in total. The lowest BCUT2D eigenvalue weighted by Crippen LogP contribution is -2.39. The number of carbonyl (C=O) groups is 1. The predicted molar refractivity (Wildman–Crippen MR) is 168 cm³/mol. The van der Waals surface area contributed by atoms with Crippen LogP contribution in [0, 0.1) is 0 Å². The Balaban J connectivity index is 1.21. The van der Waals surface area contributed by atoms with Gasteiger partial charge in [-0.3, -0.25) is 9.36 Å². The van der Waals surface area contributed by atoms with E-state index >= 15 is 0 Å². The van der Waals surface area contributed by atoms with Crippen LogP contribution in [0.1, 0.15) is 36.6 Å². The standard InChI is InChI=1S/C35H28N2O6S/c1-3-40-34(39)31-21(2)36-35-37(32(31)24-13-16-28-29(18-24)43-20-42-28)33(38)30(44-35)17-22-11-14-26(15-12-22)41-19-25-9-6-8-23-7-4-5-10-27(23)25/h4-18,32H,3,19-20H2,1-2H3/b30-17+/t32-/m0/s1. The van der Waals surface area contributed by atoms with Gasteiger partial charge in [-0.15, -0.1) is 0 Å². The lowest BCUT2D eigenvalue weighted by molar-refractivity contribution is -0.139. The zero-order valence-electron chi connectivity index (χ0n) is 24.1. The Bertz CT molecular complexity index is 2120. The molecule has 0 aliphatic carbocycles. The highest BCUT2D eigenvalue weighted by molar-refractivity contribution is 7.07. The van der Waals surface area contributed by atoms with E-state index in [9.17, 15) is 9.59 Å². The maximum absolute atomic E-state index is 13.9. The van der Waals surface area contributed by atoms with Gasteiger partial charge in [0, 0.05) is 0 Å². The highest BCUT2D eigenvalue weighted by Gasteiger charge is 2.34. The van der Waals surface area contributed by atoms with Crippen LogP contribution in [-0.2, 0) is 16.1 Å². The third-order valence-electron chi connectivity index (χ3n) is 7.68. The van der Waals surface area contributed by atoms with Crippen LogP contribution in [0.3, 0.4) is 0 Å². The molecular weight excluding hydrogens is 576 g/mol. The molecule has 4 aromatic carbocycles. The summed E-state index contributed by atoms with van der Waals surface area (Å²) in [4.78, 5) is 32.2. The monoisotopic (exact) mass is 604 g/mol. The van der Waals surface area contributed by atoms with Gasteiger partial charge in [0.25, 0.3) is 5.56 Å². The molecule has 2 aliphatic rings. The van der Waals surface area contributed by atoms with Gasteiger partial charge in [0.05, 0.1) is 28.5 Å². The number of benzene rings is 4. The molecule has 1 atom stereocenters. The SMILES string of the molecule is CCOC(=O)C1=C(C)N=c2s/c(=C/c3ccc(OCc4cccc5ccccc45)cc3)c(=O)n2[C@H]1c1ccc2c(c1)OCO2. The number of fused-ring (bicyclic) bond motifs is 3. The number of thiazole rings is 1. The van der Waals surface area contributed by atoms with Crippen LogP contribution in [0.4, 0.5) is 0 Å². The molecule has 2 aliphatic heterocycles. The molecule has 0 fully saturated rings. The first-order chi connectivity index (χ1) is 21.5. The fraction of sp³-hybridized carbons (Fsp3) is 0.171. The van der Waals surface area contributed by atoms with Crippen LogP contribution >= 0.6 is 11.3 Å². The summed E-state index contributed by atoms with van der Waals surface area (Å²) in [6, 6.07) is 26.8. The maximum Gasteiger partial charge on any atom is 0.338 e. The third kappa shape index (κ3) is 5.05. The number of nitrogens with zero attached hydrogens (tertiary/aromatic N) is 2. The van der Waals surface area contributed by atoms with E-state index in [1.165, 1.54) is 22.1 Å². The molecule has 0 N–H and O–H groups in total. The second-order valence-corrected chi connectivity index (χ2v) is 11.4. The fourth-order valence-electron chi connectivity index (χ4n) is 5.58. The molecule has 220 valence electrons. The van der Waals surface area contributed by atoms with Gasteiger partial charge in [0.1, 0.15) is 12.4 Å². The Labute approximate surface area is 256 Å². The minimum absolute atomic E-state index is 0.119. The highest BCUT2D eigenvalue weighted by Crippen LogP contribution is 2.38. The Morgan fingerprint density at radius 2 is 1.82 bits per heavy atom. The Morgan fingerprint density at radius 1 is 1.02 bits per heavy atom. The quantitative estimate of drug-likeness (QED) is 0.236. The number of aromatic nitrogens is 1. The Morgan fingerprint density at radius 3 is 2.66 bits per heavy atom. The molecule has 5 aromatic rings. The van der Waals surface area contributed by atoms with Crippen molar-refractivity contribution in [2.45, 2.75) is 26.5 Å². The molecule has 0 saturated carbocycles. The average molecular weight is 605 g/mol. The summed E-state index contributed by atoms with van der Waals surface area (Å²) in [7, 11) is 0. The van der Waals surface area contributed by atoms with E-state index in [0.717, 1.165) is 16.9 Å². The van der Waals surface area contributed by atoms with Gasteiger partial charge < -0.3 is 18.9 Å². The fourth-order valence-corrected chi connectivity index (χ4v) is 6.63. The lowest BCUT2D eigenvalue weighted by Gasteiger charge is -2.24. The van der Waals surface area contributed by atoms with Gasteiger partial charge in [-0.25, -0.2) is 9.79 Å². The predicted octanol–water partition coefficient (Wildman–Crippen LogP) is 5.26. The zero-order chi connectivity index (χ0) is 30.2. The van der Waals surface area contributed by atoms with Crippen molar-refractivity contribution in [3.05, 3.63) is 133 Å². The average Bonchev–Trinajstić information content (AvgIpc) is 3.63.